The van der Waals surface area contributed by atoms with Gasteiger partial charge >= 0.3 is 0 Å². The van der Waals surface area contributed by atoms with Crippen molar-refractivity contribution in [3.63, 3.8) is 0 Å². The molecule has 1 aromatic rings. The van der Waals surface area contributed by atoms with Gasteiger partial charge in [-0.1, -0.05) is 17.7 Å². The van der Waals surface area contributed by atoms with E-state index in [0.29, 0.717) is 38.6 Å². The molecule has 1 aromatic carbocycles. The molecule has 0 bridgehead atoms. The summed E-state index contributed by atoms with van der Waals surface area (Å²) < 4.78 is 27.3. The van der Waals surface area contributed by atoms with Gasteiger partial charge < -0.3 is 5.11 Å². The van der Waals surface area contributed by atoms with E-state index >= 15 is 0 Å². The number of piperidine rings is 1. The fraction of sp³-hybridized carbons (Fsp3) is 0.562. The van der Waals surface area contributed by atoms with E-state index in [1.54, 1.807) is 24.3 Å². The SMILES string of the molecule is Cc1ccc(S(=O)(=O)N2CCC[C@H](O)[C@]23CCCC3=O)cc1. The number of hydrogen-bond acceptors (Lipinski definition) is 4. The second-order valence-corrected chi connectivity index (χ2v) is 8.11. The Morgan fingerprint density at radius 1 is 1.23 bits per heavy atom. The minimum absolute atomic E-state index is 0.143. The molecule has 1 saturated carbocycles. The lowest BCUT2D eigenvalue weighted by molar-refractivity contribution is -0.134. The fourth-order valence-corrected chi connectivity index (χ4v) is 5.54. The van der Waals surface area contributed by atoms with Crippen LogP contribution in [0.25, 0.3) is 0 Å². The molecule has 1 N–H and O–H groups in total. The van der Waals surface area contributed by atoms with Crippen LogP contribution < -0.4 is 0 Å². The van der Waals surface area contributed by atoms with Gasteiger partial charge in [0.25, 0.3) is 0 Å². The first-order valence-electron chi connectivity index (χ1n) is 7.70. The minimum Gasteiger partial charge on any atom is -0.391 e. The summed E-state index contributed by atoms with van der Waals surface area (Å²) in [5, 5.41) is 10.4. The van der Waals surface area contributed by atoms with Gasteiger partial charge in [0.1, 0.15) is 5.54 Å². The molecule has 1 aliphatic heterocycles. The zero-order chi connectivity index (χ0) is 16.0. The Morgan fingerprint density at radius 3 is 2.50 bits per heavy atom. The lowest BCUT2D eigenvalue weighted by Crippen LogP contribution is -2.64. The van der Waals surface area contributed by atoms with Crippen LogP contribution in [-0.4, -0.2) is 41.8 Å². The second-order valence-electron chi connectivity index (χ2n) is 6.25. The van der Waals surface area contributed by atoms with E-state index in [9.17, 15) is 18.3 Å². The third kappa shape index (κ3) is 2.21. The van der Waals surface area contributed by atoms with Crippen molar-refractivity contribution in [2.24, 2.45) is 0 Å². The van der Waals surface area contributed by atoms with Gasteiger partial charge in [-0.15, -0.1) is 0 Å². The number of aliphatic hydroxyl groups excluding tert-OH is 1. The summed E-state index contributed by atoms with van der Waals surface area (Å²) >= 11 is 0. The maximum Gasteiger partial charge on any atom is 0.244 e. The molecule has 5 nitrogen and oxygen atoms in total. The number of nitrogens with zero attached hydrogens (tertiary/aromatic N) is 1. The third-order valence-corrected chi connectivity index (χ3v) is 6.85. The van der Waals surface area contributed by atoms with Crippen LogP contribution in [-0.2, 0) is 14.8 Å². The molecule has 0 aromatic heterocycles. The van der Waals surface area contributed by atoms with Crippen molar-refractivity contribution in [3.8, 4) is 0 Å². The molecular weight excluding hydrogens is 302 g/mol. The zero-order valence-corrected chi connectivity index (χ0v) is 13.5. The fourth-order valence-electron chi connectivity index (χ4n) is 3.70. The number of rotatable bonds is 2. The highest BCUT2D eigenvalue weighted by Crippen LogP contribution is 2.42. The van der Waals surface area contributed by atoms with E-state index in [-0.39, 0.29) is 10.7 Å². The van der Waals surface area contributed by atoms with Gasteiger partial charge in [0, 0.05) is 13.0 Å². The quantitative estimate of drug-likeness (QED) is 0.898. The first kappa shape index (κ1) is 15.6. The summed E-state index contributed by atoms with van der Waals surface area (Å²) in [4.78, 5) is 12.6. The Morgan fingerprint density at radius 2 is 1.91 bits per heavy atom. The Hall–Kier alpha value is -1.24. The zero-order valence-electron chi connectivity index (χ0n) is 12.7. The van der Waals surface area contributed by atoms with E-state index in [0.717, 1.165) is 5.56 Å². The van der Waals surface area contributed by atoms with Crippen LogP contribution in [0.5, 0.6) is 0 Å². The summed E-state index contributed by atoms with van der Waals surface area (Å²) in [6.07, 6.45) is 1.54. The van der Waals surface area contributed by atoms with E-state index in [1.165, 1.54) is 4.31 Å². The van der Waals surface area contributed by atoms with Crippen LogP contribution in [0.4, 0.5) is 0 Å². The van der Waals surface area contributed by atoms with Gasteiger partial charge in [-0.3, -0.25) is 4.79 Å². The lowest BCUT2D eigenvalue weighted by Gasteiger charge is -2.45. The van der Waals surface area contributed by atoms with Crippen LogP contribution in [0.1, 0.15) is 37.7 Å². The first-order chi connectivity index (χ1) is 10.4. The molecule has 2 atom stereocenters. The number of aliphatic hydroxyl groups is 1. The summed E-state index contributed by atoms with van der Waals surface area (Å²) in [6, 6.07) is 6.63. The van der Waals surface area contributed by atoms with Crippen molar-refractivity contribution in [3.05, 3.63) is 29.8 Å². The van der Waals surface area contributed by atoms with E-state index in [2.05, 4.69) is 0 Å². The standard InChI is InChI=1S/C16H21NO4S/c1-12-6-8-13(9-7-12)22(20,21)17-11-3-5-15(19)16(17)10-2-4-14(16)18/h6-9,15,19H,2-5,10-11H2,1H3/t15-,16+/m0/s1. The van der Waals surface area contributed by atoms with Gasteiger partial charge in [-0.25, -0.2) is 8.42 Å². The molecule has 2 fully saturated rings. The molecule has 6 heteroatoms. The van der Waals surface area contributed by atoms with Crippen LogP contribution in [0, 0.1) is 6.92 Å². The average molecular weight is 323 g/mol. The Bertz CT molecular complexity index is 683. The summed E-state index contributed by atoms with van der Waals surface area (Å²) in [6.45, 7) is 2.18. The largest absolute Gasteiger partial charge is 0.391 e. The molecule has 0 amide bonds. The Labute approximate surface area is 131 Å². The van der Waals surface area contributed by atoms with Crippen molar-refractivity contribution in [1.82, 2.24) is 4.31 Å². The monoisotopic (exact) mass is 323 g/mol. The number of carbonyl (C=O) groups excluding carboxylic acids is 1. The molecule has 1 saturated heterocycles. The molecule has 0 unspecified atom stereocenters. The Balaban J connectivity index is 2.08. The number of benzene rings is 1. The predicted molar refractivity (Wildman–Crippen MR) is 81.9 cm³/mol. The van der Waals surface area contributed by atoms with Crippen molar-refractivity contribution in [2.45, 2.75) is 55.6 Å². The summed E-state index contributed by atoms with van der Waals surface area (Å²) in [5.41, 5.74) is -0.272. The molecule has 1 spiro atoms. The molecule has 22 heavy (non-hydrogen) atoms. The Kier molecular flexibility index (Phi) is 3.87. The van der Waals surface area contributed by atoms with E-state index in [4.69, 9.17) is 0 Å². The number of Topliss-reactive ketones (excluding diaryl/α,β-unsaturated/α-hetero) is 1. The smallest absolute Gasteiger partial charge is 0.244 e. The highest BCUT2D eigenvalue weighted by Gasteiger charge is 2.57. The highest BCUT2D eigenvalue weighted by molar-refractivity contribution is 7.89. The van der Waals surface area contributed by atoms with Gasteiger partial charge in [-0.05, 0) is 44.7 Å². The van der Waals surface area contributed by atoms with Gasteiger partial charge in [-0.2, -0.15) is 4.31 Å². The molecule has 3 rings (SSSR count). The van der Waals surface area contributed by atoms with Crippen molar-refractivity contribution >= 4 is 15.8 Å². The summed E-state index contributed by atoms with van der Waals surface area (Å²) in [5.74, 6) is -0.143. The molecule has 0 radical (unpaired) electrons. The van der Waals surface area contributed by atoms with Crippen molar-refractivity contribution in [1.29, 1.82) is 0 Å². The first-order valence-corrected chi connectivity index (χ1v) is 9.14. The van der Waals surface area contributed by atoms with Crippen LogP contribution in [0.3, 0.4) is 0 Å². The number of carbonyl (C=O) groups is 1. The van der Waals surface area contributed by atoms with Crippen LogP contribution >= 0.6 is 0 Å². The van der Waals surface area contributed by atoms with Gasteiger partial charge in [0.2, 0.25) is 10.0 Å². The van der Waals surface area contributed by atoms with Crippen LogP contribution in [0.15, 0.2) is 29.2 Å². The van der Waals surface area contributed by atoms with E-state index < -0.39 is 21.7 Å². The number of aryl methyl sites for hydroxylation is 1. The maximum atomic E-state index is 13.0. The van der Waals surface area contributed by atoms with Crippen LogP contribution in [0.2, 0.25) is 0 Å². The molecule has 1 aliphatic carbocycles. The summed E-state index contributed by atoms with van der Waals surface area (Å²) in [7, 11) is -3.78. The average Bonchev–Trinajstić information content (AvgIpc) is 2.85. The maximum absolute atomic E-state index is 13.0. The molecule has 2 aliphatic rings. The number of hydrogen-bond donors (Lipinski definition) is 1. The predicted octanol–water partition coefficient (Wildman–Crippen LogP) is 1.63. The van der Waals surface area contributed by atoms with Crippen molar-refractivity contribution in [2.75, 3.05) is 6.54 Å². The topological polar surface area (TPSA) is 74.7 Å². The molecule has 120 valence electrons. The molecule has 1 heterocycles. The second kappa shape index (κ2) is 5.44. The van der Waals surface area contributed by atoms with Crippen molar-refractivity contribution < 1.29 is 18.3 Å². The van der Waals surface area contributed by atoms with Gasteiger partial charge in [0.05, 0.1) is 11.0 Å². The number of sulfonamides is 1. The highest BCUT2D eigenvalue weighted by atomic mass is 32.2. The number of ketones is 1. The van der Waals surface area contributed by atoms with Gasteiger partial charge in [0.15, 0.2) is 5.78 Å². The molecular formula is C16H21NO4S. The normalized spacial score (nSPS) is 30.1. The minimum atomic E-state index is -3.78. The van der Waals surface area contributed by atoms with E-state index in [1.807, 2.05) is 6.92 Å². The lowest BCUT2D eigenvalue weighted by atomic mass is 9.83. The third-order valence-electron chi connectivity index (χ3n) is 4.89.